The summed E-state index contributed by atoms with van der Waals surface area (Å²) in [5.74, 6) is 0.0778. The highest BCUT2D eigenvalue weighted by atomic mass is 79.9. The number of fused-ring (bicyclic) bond motifs is 1. The van der Waals surface area contributed by atoms with Gasteiger partial charge in [0.05, 0.1) is 10.4 Å². The molecule has 3 rings (SSSR count). The van der Waals surface area contributed by atoms with Crippen molar-refractivity contribution in [1.82, 2.24) is 4.57 Å². The third-order valence-electron chi connectivity index (χ3n) is 4.19. The Morgan fingerprint density at radius 3 is 2.59 bits per heavy atom. The number of nitriles is 1. The SMILES string of the molecule is CCn1c(NC(=O)c2ccc(Br)cc2)c(C#N)c2ccc([N+](=O)OC)cc21. The second-order valence-corrected chi connectivity index (χ2v) is 6.60. The van der Waals surface area contributed by atoms with Crippen molar-refractivity contribution in [1.29, 1.82) is 5.26 Å². The lowest BCUT2D eigenvalue weighted by Gasteiger charge is -2.10. The molecule has 0 aliphatic heterocycles. The molecule has 136 valence electrons. The van der Waals surface area contributed by atoms with Crippen LogP contribution < -0.4 is 5.32 Å². The van der Waals surface area contributed by atoms with E-state index >= 15 is 0 Å². The number of nitrogens with zero attached hydrogens (tertiary/aromatic N) is 3. The van der Waals surface area contributed by atoms with Gasteiger partial charge in [0.15, 0.2) is 7.11 Å². The Balaban J connectivity index is 2.11. The molecule has 7 nitrogen and oxygen atoms in total. The molecule has 1 amide bonds. The van der Waals surface area contributed by atoms with Crippen LogP contribution in [0.3, 0.4) is 0 Å². The summed E-state index contributed by atoms with van der Waals surface area (Å²) in [4.78, 5) is 29.5. The van der Waals surface area contributed by atoms with Crippen molar-refractivity contribution in [2.45, 2.75) is 13.5 Å². The van der Waals surface area contributed by atoms with Gasteiger partial charge in [0, 0.05) is 34.1 Å². The van der Waals surface area contributed by atoms with E-state index in [-0.39, 0.29) is 5.91 Å². The fourth-order valence-corrected chi connectivity index (χ4v) is 3.17. The Hall–Kier alpha value is -3.18. The van der Waals surface area contributed by atoms with Crippen LogP contribution in [-0.4, -0.2) is 22.5 Å². The fourth-order valence-electron chi connectivity index (χ4n) is 2.91. The van der Waals surface area contributed by atoms with E-state index in [4.69, 9.17) is 0 Å². The van der Waals surface area contributed by atoms with Gasteiger partial charge < -0.3 is 9.88 Å². The van der Waals surface area contributed by atoms with E-state index in [1.54, 1.807) is 47.0 Å². The van der Waals surface area contributed by atoms with Crippen molar-refractivity contribution < 1.29 is 14.6 Å². The number of halogens is 1. The highest BCUT2D eigenvalue weighted by Crippen LogP contribution is 2.32. The van der Waals surface area contributed by atoms with Gasteiger partial charge in [-0.3, -0.25) is 4.79 Å². The van der Waals surface area contributed by atoms with Crippen molar-refractivity contribution >= 4 is 44.2 Å². The third kappa shape index (κ3) is 3.41. The van der Waals surface area contributed by atoms with Gasteiger partial charge >= 0.3 is 5.69 Å². The number of aromatic nitrogens is 1. The molecular formula is C19H16BrN4O3+. The summed E-state index contributed by atoms with van der Waals surface area (Å²) in [6.45, 7) is 2.40. The van der Waals surface area contributed by atoms with E-state index in [2.05, 4.69) is 32.2 Å². The average Bonchev–Trinajstić information content (AvgIpc) is 2.98. The summed E-state index contributed by atoms with van der Waals surface area (Å²) >= 11 is 3.34. The van der Waals surface area contributed by atoms with Crippen molar-refractivity contribution in [3.05, 3.63) is 63.0 Å². The summed E-state index contributed by atoms with van der Waals surface area (Å²) < 4.78 is 2.66. The van der Waals surface area contributed by atoms with Crippen LogP contribution in [0.25, 0.3) is 10.9 Å². The predicted octanol–water partition coefficient (Wildman–Crippen LogP) is 4.52. The molecule has 1 heterocycles. The summed E-state index contributed by atoms with van der Waals surface area (Å²) in [5.41, 5.74) is 1.78. The van der Waals surface area contributed by atoms with E-state index in [9.17, 15) is 15.0 Å². The Morgan fingerprint density at radius 1 is 1.30 bits per heavy atom. The number of carbonyl (C=O) groups is 1. The van der Waals surface area contributed by atoms with Crippen LogP contribution >= 0.6 is 15.9 Å². The maximum atomic E-state index is 12.6. The number of hydrogen-bond donors (Lipinski definition) is 1. The Bertz CT molecular complexity index is 1080. The Morgan fingerprint density at radius 2 is 2.00 bits per heavy atom. The molecule has 0 radical (unpaired) electrons. The zero-order chi connectivity index (χ0) is 19.6. The van der Waals surface area contributed by atoms with Crippen LogP contribution in [0.4, 0.5) is 11.5 Å². The van der Waals surface area contributed by atoms with Crippen LogP contribution in [0.2, 0.25) is 0 Å². The van der Waals surface area contributed by atoms with Gasteiger partial charge in [0.2, 0.25) is 0 Å². The first-order valence-electron chi connectivity index (χ1n) is 8.14. The molecule has 2 aromatic carbocycles. The molecule has 0 atom stereocenters. The average molecular weight is 428 g/mol. The first-order chi connectivity index (χ1) is 13.0. The van der Waals surface area contributed by atoms with Crippen molar-refractivity contribution in [2.24, 2.45) is 0 Å². The zero-order valence-electron chi connectivity index (χ0n) is 14.7. The van der Waals surface area contributed by atoms with Crippen LogP contribution in [0, 0.1) is 16.2 Å². The number of rotatable bonds is 5. The van der Waals surface area contributed by atoms with Gasteiger partial charge in [-0.25, -0.2) is 4.84 Å². The lowest BCUT2D eigenvalue weighted by Crippen LogP contribution is -2.15. The molecule has 3 aromatic rings. The van der Waals surface area contributed by atoms with E-state index in [0.29, 0.717) is 45.0 Å². The molecule has 1 aromatic heterocycles. The van der Waals surface area contributed by atoms with Gasteiger partial charge in [0.25, 0.3) is 10.8 Å². The largest absolute Gasteiger partial charge is 0.326 e. The van der Waals surface area contributed by atoms with E-state index in [1.807, 2.05) is 6.92 Å². The molecule has 0 bridgehead atoms. The van der Waals surface area contributed by atoms with Crippen molar-refractivity contribution in [2.75, 3.05) is 12.4 Å². The monoisotopic (exact) mass is 427 g/mol. The predicted molar refractivity (Wildman–Crippen MR) is 105 cm³/mol. The number of carbonyl (C=O) groups excluding carboxylic acids is 1. The third-order valence-corrected chi connectivity index (χ3v) is 4.72. The minimum Gasteiger partial charge on any atom is -0.326 e. The molecule has 0 fully saturated rings. The van der Waals surface area contributed by atoms with Gasteiger partial charge in [-0.1, -0.05) is 15.9 Å². The highest BCUT2D eigenvalue weighted by molar-refractivity contribution is 9.10. The van der Waals surface area contributed by atoms with Gasteiger partial charge in [-0.05, 0) is 37.3 Å². The number of benzene rings is 2. The number of hydrogen-bond acceptors (Lipinski definition) is 4. The number of anilines is 1. The molecule has 0 aliphatic carbocycles. The maximum absolute atomic E-state index is 12.6. The second-order valence-electron chi connectivity index (χ2n) is 5.68. The summed E-state index contributed by atoms with van der Waals surface area (Å²) in [7, 11) is 1.28. The number of amides is 1. The van der Waals surface area contributed by atoms with Gasteiger partial charge in [-0.15, -0.1) is 0 Å². The number of aryl methyl sites for hydroxylation is 1. The van der Waals surface area contributed by atoms with E-state index in [0.717, 1.165) is 4.47 Å². The smallest absolute Gasteiger partial charge is 0.318 e. The summed E-state index contributed by atoms with van der Waals surface area (Å²) in [6, 6.07) is 14.0. The second kappa shape index (κ2) is 7.60. The fraction of sp³-hybridized carbons (Fsp3) is 0.158. The number of nitrogens with one attached hydrogen (secondary N) is 1. The normalized spacial score (nSPS) is 10.4. The maximum Gasteiger partial charge on any atom is 0.318 e. The van der Waals surface area contributed by atoms with Crippen molar-refractivity contribution in [3.8, 4) is 6.07 Å². The Labute approximate surface area is 163 Å². The highest BCUT2D eigenvalue weighted by Gasteiger charge is 2.23. The van der Waals surface area contributed by atoms with Crippen molar-refractivity contribution in [3.63, 3.8) is 0 Å². The Kier molecular flexibility index (Phi) is 5.23. The minimum atomic E-state index is -0.320. The molecule has 8 heteroatoms. The molecular weight excluding hydrogens is 412 g/mol. The van der Waals surface area contributed by atoms with E-state index in [1.165, 1.54) is 7.11 Å². The lowest BCUT2D eigenvalue weighted by atomic mass is 10.1. The first kappa shape index (κ1) is 18.6. The molecule has 0 saturated carbocycles. The molecule has 0 aliphatic rings. The molecule has 0 spiro atoms. The van der Waals surface area contributed by atoms with E-state index < -0.39 is 0 Å². The van der Waals surface area contributed by atoms with Gasteiger partial charge in [0.1, 0.15) is 17.5 Å². The summed E-state index contributed by atoms with van der Waals surface area (Å²) in [6.07, 6.45) is 0. The van der Waals surface area contributed by atoms with Crippen LogP contribution in [-0.2, 0) is 11.4 Å². The minimum absolute atomic E-state index is 0.299. The lowest BCUT2D eigenvalue weighted by molar-refractivity contribution is -0.736. The van der Waals surface area contributed by atoms with Crippen LogP contribution in [0.5, 0.6) is 0 Å². The quantitative estimate of drug-likeness (QED) is 0.606. The molecule has 0 unspecified atom stereocenters. The molecule has 27 heavy (non-hydrogen) atoms. The topological polar surface area (TPSA) is 87.1 Å². The standard InChI is InChI=1S/C19H15BrN4O3/c1-3-23-17-10-14(24(26)27-2)8-9-15(17)16(11-21)18(23)22-19(25)12-4-6-13(20)7-5-12/h4-10H,3H2,1-2H3/p+1. The summed E-state index contributed by atoms with van der Waals surface area (Å²) in [5, 5.41) is 13.1. The zero-order valence-corrected chi connectivity index (χ0v) is 16.3. The molecule has 1 N–H and O–H groups in total. The van der Waals surface area contributed by atoms with Crippen LogP contribution in [0.1, 0.15) is 22.8 Å². The molecule has 0 saturated heterocycles. The first-order valence-corrected chi connectivity index (χ1v) is 8.94. The van der Waals surface area contributed by atoms with Gasteiger partial charge in [-0.2, -0.15) is 5.26 Å². The van der Waals surface area contributed by atoms with Crippen LogP contribution in [0.15, 0.2) is 46.9 Å².